The fourth-order valence-electron chi connectivity index (χ4n) is 2.55. The lowest BCUT2D eigenvalue weighted by atomic mass is 10.0. The molecule has 1 atom stereocenters. The maximum absolute atomic E-state index is 9.44. The molecule has 0 spiro atoms. The van der Waals surface area contributed by atoms with Gasteiger partial charge in [0.25, 0.3) is 5.84 Å². The predicted octanol–water partition coefficient (Wildman–Crippen LogP) is 2.11. The molecule has 3 N–H and O–H groups in total. The Kier molecular flexibility index (Phi) is 2.35. The minimum absolute atomic E-state index is 0.00517. The SMILES string of the molecule is N[N+]12C=CN=CC1=C(C1=CC=C1)N=C2c1ccc(O)cc1. The standard InChI is InChI=1S/C16H12N4O/c17-20-9-8-18-10-14(20)15(11-2-1-3-11)19-16(20)12-4-6-13(21)7-5-12/h1-10H,17H2/p+1. The Morgan fingerprint density at radius 2 is 1.90 bits per heavy atom. The van der Waals surface area contributed by atoms with Gasteiger partial charge in [-0.25, -0.2) is 0 Å². The van der Waals surface area contributed by atoms with E-state index in [9.17, 15) is 5.11 Å². The number of aromatic hydroxyl groups is 1. The van der Waals surface area contributed by atoms with Crippen LogP contribution in [0.15, 0.2) is 81.8 Å². The molecule has 1 unspecified atom stereocenters. The number of rotatable bonds is 2. The molecule has 1 aliphatic carbocycles. The van der Waals surface area contributed by atoms with E-state index in [2.05, 4.69) is 4.99 Å². The van der Waals surface area contributed by atoms with E-state index >= 15 is 0 Å². The maximum atomic E-state index is 9.44. The number of hydrogen-bond donors (Lipinski definition) is 2. The minimum Gasteiger partial charge on any atom is -0.508 e. The zero-order valence-corrected chi connectivity index (χ0v) is 11.1. The molecule has 4 rings (SSSR count). The highest BCUT2D eigenvalue weighted by Crippen LogP contribution is 2.36. The van der Waals surface area contributed by atoms with Crippen molar-refractivity contribution in [1.29, 1.82) is 0 Å². The molecule has 0 fully saturated rings. The normalized spacial score (nSPS) is 25.6. The molecule has 0 bridgehead atoms. The van der Waals surface area contributed by atoms with Crippen molar-refractivity contribution in [3.63, 3.8) is 0 Å². The number of quaternary nitrogens is 1. The van der Waals surface area contributed by atoms with Gasteiger partial charge in [0.1, 0.15) is 17.6 Å². The van der Waals surface area contributed by atoms with Crippen LogP contribution in [0.25, 0.3) is 0 Å². The Balaban J connectivity index is 1.87. The third kappa shape index (κ3) is 1.65. The first-order valence-electron chi connectivity index (χ1n) is 6.59. The third-order valence-electron chi connectivity index (χ3n) is 3.74. The highest BCUT2D eigenvalue weighted by atomic mass is 16.3. The molecular formula is C16H13N4O+. The van der Waals surface area contributed by atoms with Gasteiger partial charge in [0.2, 0.25) is 5.70 Å². The van der Waals surface area contributed by atoms with Crippen molar-refractivity contribution in [2.45, 2.75) is 0 Å². The van der Waals surface area contributed by atoms with Crippen molar-refractivity contribution in [3.05, 3.63) is 77.4 Å². The van der Waals surface area contributed by atoms with Gasteiger partial charge in [-0.3, -0.25) is 4.99 Å². The second kappa shape index (κ2) is 4.12. The molecule has 1 aromatic rings. The highest BCUT2D eigenvalue weighted by molar-refractivity contribution is 6.01. The summed E-state index contributed by atoms with van der Waals surface area (Å²) < 4.78 is -0.00517. The van der Waals surface area contributed by atoms with E-state index in [1.54, 1.807) is 30.7 Å². The highest BCUT2D eigenvalue weighted by Gasteiger charge is 2.44. The summed E-state index contributed by atoms with van der Waals surface area (Å²) in [5.74, 6) is 7.47. The lowest BCUT2D eigenvalue weighted by Gasteiger charge is -2.26. The Morgan fingerprint density at radius 3 is 2.57 bits per heavy atom. The topological polar surface area (TPSA) is 71.0 Å². The third-order valence-corrected chi connectivity index (χ3v) is 3.74. The number of nitrogens with zero attached hydrogens (tertiary/aromatic N) is 3. The van der Waals surface area contributed by atoms with Crippen molar-refractivity contribution in [2.24, 2.45) is 15.8 Å². The molecular weight excluding hydrogens is 264 g/mol. The predicted molar refractivity (Wildman–Crippen MR) is 81.0 cm³/mol. The Hall–Kier alpha value is -2.76. The van der Waals surface area contributed by atoms with E-state index in [0.29, 0.717) is 5.84 Å². The monoisotopic (exact) mass is 277 g/mol. The second-order valence-electron chi connectivity index (χ2n) is 5.05. The van der Waals surface area contributed by atoms with Crippen LogP contribution in [-0.2, 0) is 0 Å². The number of phenols is 1. The molecule has 2 heterocycles. The van der Waals surface area contributed by atoms with Crippen LogP contribution >= 0.6 is 0 Å². The number of phenolic OH excluding ortho intramolecular Hbond substituents is 1. The number of benzene rings is 1. The fraction of sp³-hybridized carbons (Fsp3) is 0. The molecule has 0 amide bonds. The summed E-state index contributed by atoms with van der Waals surface area (Å²) in [5.41, 5.74) is 3.60. The van der Waals surface area contributed by atoms with E-state index in [1.165, 1.54) is 0 Å². The van der Waals surface area contributed by atoms with Gasteiger partial charge >= 0.3 is 0 Å². The van der Waals surface area contributed by atoms with Crippen molar-refractivity contribution >= 4 is 12.1 Å². The van der Waals surface area contributed by atoms with Crippen molar-refractivity contribution in [1.82, 2.24) is 0 Å². The van der Waals surface area contributed by atoms with E-state index in [4.69, 9.17) is 10.8 Å². The summed E-state index contributed by atoms with van der Waals surface area (Å²) in [7, 11) is 0. The van der Waals surface area contributed by atoms with Crippen molar-refractivity contribution in [2.75, 3.05) is 0 Å². The largest absolute Gasteiger partial charge is 0.508 e. The lowest BCUT2D eigenvalue weighted by molar-refractivity contribution is -0.750. The summed E-state index contributed by atoms with van der Waals surface area (Å²) in [5, 5.41) is 9.44. The summed E-state index contributed by atoms with van der Waals surface area (Å²) >= 11 is 0. The summed E-state index contributed by atoms with van der Waals surface area (Å²) in [4.78, 5) is 8.90. The Labute approximate surface area is 121 Å². The van der Waals surface area contributed by atoms with Crippen LogP contribution in [0.5, 0.6) is 5.75 Å². The molecule has 21 heavy (non-hydrogen) atoms. The molecule has 1 aromatic carbocycles. The van der Waals surface area contributed by atoms with E-state index in [-0.39, 0.29) is 10.3 Å². The van der Waals surface area contributed by atoms with Crippen LogP contribution in [0.3, 0.4) is 0 Å². The number of nitrogens with two attached hydrogens (primary N) is 1. The molecule has 0 saturated carbocycles. The van der Waals surface area contributed by atoms with E-state index < -0.39 is 0 Å². The average Bonchev–Trinajstić information content (AvgIpc) is 2.72. The fourth-order valence-corrected chi connectivity index (χ4v) is 2.55. The number of allylic oxidation sites excluding steroid dienone is 4. The van der Waals surface area contributed by atoms with Gasteiger partial charge in [0.15, 0.2) is 0 Å². The average molecular weight is 277 g/mol. The quantitative estimate of drug-likeness (QED) is 0.642. The van der Waals surface area contributed by atoms with Crippen LogP contribution in [0.4, 0.5) is 0 Å². The lowest BCUT2D eigenvalue weighted by Crippen LogP contribution is -2.53. The number of fused-ring (bicyclic) bond motifs is 1. The molecule has 0 radical (unpaired) electrons. The maximum Gasteiger partial charge on any atom is 0.265 e. The number of aliphatic imine (C=N–C) groups is 2. The van der Waals surface area contributed by atoms with Gasteiger partial charge in [-0.15, -0.1) is 4.59 Å². The molecule has 5 heteroatoms. The summed E-state index contributed by atoms with van der Waals surface area (Å²) in [6.07, 6.45) is 11.2. The molecule has 5 nitrogen and oxygen atoms in total. The molecule has 0 saturated heterocycles. The molecule has 3 aliphatic rings. The van der Waals surface area contributed by atoms with Gasteiger partial charge in [0, 0.05) is 5.57 Å². The van der Waals surface area contributed by atoms with Crippen molar-refractivity contribution < 1.29 is 9.70 Å². The Morgan fingerprint density at radius 1 is 1.14 bits per heavy atom. The number of amidine groups is 1. The summed E-state index contributed by atoms with van der Waals surface area (Å²) in [6.45, 7) is 0. The van der Waals surface area contributed by atoms with Crippen molar-refractivity contribution in [3.8, 4) is 5.75 Å². The Bertz CT molecular complexity index is 809. The zero-order chi connectivity index (χ0) is 14.4. The molecule has 2 aliphatic heterocycles. The van der Waals surface area contributed by atoms with Gasteiger partial charge in [-0.2, -0.15) is 10.8 Å². The second-order valence-corrected chi connectivity index (χ2v) is 5.05. The van der Waals surface area contributed by atoms with Crippen LogP contribution in [0.2, 0.25) is 0 Å². The zero-order valence-electron chi connectivity index (χ0n) is 11.1. The first-order chi connectivity index (χ1) is 10.2. The number of hydrogen-bond acceptors (Lipinski definition) is 4. The first kappa shape index (κ1) is 12.0. The first-order valence-corrected chi connectivity index (χ1v) is 6.59. The summed E-state index contributed by atoms with van der Waals surface area (Å²) in [6, 6.07) is 6.89. The van der Waals surface area contributed by atoms with Crippen LogP contribution in [0, 0.1) is 0 Å². The molecule has 102 valence electrons. The minimum atomic E-state index is -0.00517. The molecule has 0 aromatic heterocycles. The van der Waals surface area contributed by atoms with Gasteiger partial charge in [-0.05, 0) is 24.3 Å². The van der Waals surface area contributed by atoms with Crippen LogP contribution in [-0.4, -0.2) is 21.7 Å². The van der Waals surface area contributed by atoms with Gasteiger partial charge in [0.05, 0.1) is 18.0 Å². The van der Waals surface area contributed by atoms with Gasteiger partial charge in [-0.1, -0.05) is 18.2 Å². The van der Waals surface area contributed by atoms with E-state index in [1.807, 2.05) is 30.4 Å². The van der Waals surface area contributed by atoms with Crippen LogP contribution < -0.4 is 5.84 Å². The van der Waals surface area contributed by atoms with Gasteiger partial charge < -0.3 is 5.11 Å². The smallest absolute Gasteiger partial charge is 0.265 e. The van der Waals surface area contributed by atoms with E-state index in [0.717, 1.165) is 22.5 Å². The van der Waals surface area contributed by atoms with Crippen LogP contribution in [0.1, 0.15) is 5.56 Å².